The Bertz CT molecular complexity index is 748. The summed E-state index contributed by atoms with van der Waals surface area (Å²) in [5, 5.41) is 12.6. The van der Waals surface area contributed by atoms with Crippen LogP contribution in [0, 0.1) is 11.8 Å². The van der Waals surface area contributed by atoms with Crippen molar-refractivity contribution >= 4 is 6.03 Å². The summed E-state index contributed by atoms with van der Waals surface area (Å²) in [5.41, 5.74) is 3.36. The molecule has 3 aliphatic rings. The van der Waals surface area contributed by atoms with Gasteiger partial charge in [0.2, 0.25) is 0 Å². The molecule has 3 fully saturated rings. The molecule has 2 amide bonds. The average Bonchev–Trinajstić information content (AvgIpc) is 2.73. The predicted molar refractivity (Wildman–Crippen MR) is 100 cm³/mol. The van der Waals surface area contributed by atoms with Crippen LogP contribution in [-0.4, -0.2) is 40.2 Å². The van der Waals surface area contributed by atoms with Crippen LogP contribution in [0.3, 0.4) is 0 Å². The lowest BCUT2D eigenvalue weighted by Crippen LogP contribution is -2.58. The van der Waals surface area contributed by atoms with Gasteiger partial charge in [0.25, 0.3) is 0 Å². The molecule has 5 nitrogen and oxygen atoms in total. The third-order valence-electron chi connectivity index (χ3n) is 5.81. The van der Waals surface area contributed by atoms with Crippen LogP contribution < -0.4 is 5.32 Å². The summed E-state index contributed by atoms with van der Waals surface area (Å²) < 4.78 is 0. The van der Waals surface area contributed by atoms with Gasteiger partial charge in [0.15, 0.2) is 0 Å². The number of urea groups is 1. The Hall–Kier alpha value is -2.40. The summed E-state index contributed by atoms with van der Waals surface area (Å²) >= 11 is 0. The molecule has 2 aromatic rings. The molecule has 1 saturated carbocycles. The second-order valence-electron chi connectivity index (χ2n) is 7.43. The average molecular weight is 351 g/mol. The standard InChI is InChI=1S/C21H25N3O2/c25-14-19-11-16-3-6-20(19)24(13-16)21(26)23-12-15-1-4-17(5-2-15)18-7-9-22-10-8-18/h1-2,4-5,7-10,16,19-20,25H,3,6,11-14H2,(H,23,26). The van der Waals surface area contributed by atoms with Gasteiger partial charge >= 0.3 is 6.03 Å². The van der Waals surface area contributed by atoms with E-state index < -0.39 is 0 Å². The van der Waals surface area contributed by atoms with Gasteiger partial charge in [-0.05, 0) is 54.0 Å². The van der Waals surface area contributed by atoms with Gasteiger partial charge in [-0.15, -0.1) is 0 Å². The van der Waals surface area contributed by atoms with E-state index in [4.69, 9.17) is 0 Å². The minimum Gasteiger partial charge on any atom is -0.396 e. The summed E-state index contributed by atoms with van der Waals surface area (Å²) in [4.78, 5) is 18.6. The monoisotopic (exact) mass is 351 g/mol. The number of carbonyl (C=O) groups excluding carboxylic acids is 1. The third-order valence-corrected chi connectivity index (χ3v) is 5.81. The van der Waals surface area contributed by atoms with Crippen molar-refractivity contribution in [3.8, 4) is 11.1 Å². The van der Waals surface area contributed by atoms with E-state index in [0.29, 0.717) is 12.5 Å². The number of hydrogen-bond acceptors (Lipinski definition) is 3. The molecule has 2 saturated heterocycles. The van der Waals surface area contributed by atoms with Gasteiger partial charge in [-0.25, -0.2) is 4.79 Å². The molecule has 5 heteroatoms. The lowest BCUT2D eigenvalue weighted by atomic mass is 9.73. The molecule has 3 unspecified atom stereocenters. The highest BCUT2D eigenvalue weighted by atomic mass is 16.3. The number of nitrogens with one attached hydrogen (secondary N) is 1. The van der Waals surface area contributed by atoms with E-state index in [0.717, 1.165) is 36.1 Å². The molecular weight excluding hydrogens is 326 g/mol. The molecule has 1 aromatic heterocycles. The maximum Gasteiger partial charge on any atom is 0.317 e. The Kier molecular flexibility index (Phi) is 4.89. The van der Waals surface area contributed by atoms with Crippen molar-refractivity contribution in [1.82, 2.24) is 15.2 Å². The quantitative estimate of drug-likeness (QED) is 0.890. The van der Waals surface area contributed by atoms with Crippen molar-refractivity contribution in [2.75, 3.05) is 13.2 Å². The Balaban J connectivity index is 1.36. The zero-order valence-electron chi connectivity index (χ0n) is 14.8. The topological polar surface area (TPSA) is 65.5 Å². The number of hydrogen-bond donors (Lipinski definition) is 2. The van der Waals surface area contributed by atoms with E-state index in [-0.39, 0.29) is 24.6 Å². The summed E-state index contributed by atoms with van der Waals surface area (Å²) in [6, 6.07) is 12.4. The van der Waals surface area contributed by atoms with Crippen molar-refractivity contribution in [1.29, 1.82) is 0 Å². The van der Waals surface area contributed by atoms with E-state index in [9.17, 15) is 9.90 Å². The number of aliphatic hydroxyl groups excluding tert-OH is 1. The van der Waals surface area contributed by atoms with Crippen LogP contribution in [0.2, 0.25) is 0 Å². The largest absolute Gasteiger partial charge is 0.396 e. The maximum absolute atomic E-state index is 12.6. The fourth-order valence-corrected chi connectivity index (χ4v) is 4.40. The molecule has 5 rings (SSSR count). The fourth-order valence-electron chi connectivity index (χ4n) is 4.40. The second-order valence-corrected chi connectivity index (χ2v) is 7.43. The van der Waals surface area contributed by atoms with Crippen LogP contribution in [0.4, 0.5) is 4.79 Å². The number of pyridine rings is 1. The first-order chi connectivity index (χ1) is 12.7. The molecule has 136 valence electrons. The highest BCUT2D eigenvalue weighted by Gasteiger charge is 2.42. The Morgan fingerprint density at radius 2 is 1.85 bits per heavy atom. The number of aromatic nitrogens is 1. The van der Waals surface area contributed by atoms with E-state index in [1.807, 2.05) is 17.0 Å². The summed E-state index contributed by atoms with van der Waals surface area (Å²) in [6.07, 6.45) is 6.83. The van der Waals surface area contributed by atoms with Gasteiger partial charge in [-0.3, -0.25) is 4.98 Å². The molecule has 3 heterocycles. The molecule has 2 bridgehead atoms. The minimum absolute atomic E-state index is 0.00365. The predicted octanol–water partition coefficient (Wildman–Crippen LogP) is 3.05. The van der Waals surface area contributed by atoms with Crippen LogP contribution in [0.5, 0.6) is 0 Å². The van der Waals surface area contributed by atoms with Gasteiger partial charge in [0.1, 0.15) is 0 Å². The lowest BCUT2D eigenvalue weighted by molar-refractivity contribution is 0.00388. The van der Waals surface area contributed by atoms with Gasteiger partial charge in [0.05, 0.1) is 0 Å². The molecule has 3 atom stereocenters. The van der Waals surface area contributed by atoms with E-state index in [1.54, 1.807) is 12.4 Å². The Morgan fingerprint density at radius 3 is 2.54 bits per heavy atom. The fraction of sp³-hybridized carbons (Fsp3) is 0.429. The summed E-state index contributed by atoms with van der Waals surface area (Å²) in [5.74, 6) is 0.787. The van der Waals surface area contributed by atoms with Crippen LogP contribution in [0.1, 0.15) is 24.8 Å². The van der Waals surface area contributed by atoms with E-state index in [2.05, 4.69) is 34.6 Å². The minimum atomic E-state index is -0.00365. The van der Waals surface area contributed by atoms with Crippen LogP contribution in [0.25, 0.3) is 11.1 Å². The highest BCUT2D eigenvalue weighted by Crippen LogP contribution is 2.38. The normalized spacial score (nSPS) is 24.5. The maximum atomic E-state index is 12.6. The highest BCUT2D eigenvalue weighted by molar-refractivity contribution is 5.75. The number of fused-ring (bicyclic) bond motifs is 3. The number of aliphatic hydroxyl groups is 1. The zero-order chi connectivity index (χ0) is 17.9. The summed E-state index contributed by atoms with van der Waals surface area (Å²) in [7, 11) is 0. The van der Waals surface area contributed by atoms with Crippen molar-refractivity contribution in [2.45, 2.75) is 31.8 Å². The zero-order valence-corrected chi connectivity index (χ0v) is 14.8. The molecule has 1 aliphatic carbocycles. The van der Waals surface area contributed by atoms with Gasteiger partial charge in [-0.2, -0.15) is 0 Å². The molecule has 0 radical (unpaired) electrons. The molecule has 0 spiro atoms. The SMILES string of the molecule is O=C(NCc1ccc(-c2ccncc2)cc1)N1CC2CCC1C(CO)C2. The first-order valence-corrected chi connectivity index (χ1v) is 9.39. The number of nitrogens with zero attached hydrogens (tertiary/aromatic N) is 2. The number of rotatable bonds is 4. The van der Waals surface area contributed by atoms with Gasteiger partial charge in [-0.1, -0.05) is 24.3 Å². The third kappa shape index (κ3) is 3.44. The molecule has 2 aliphatic heterocycles. The van der Waals surface area contributed by atoms with E-state index >= 15 is 0 Å². The number of amides is 2. The molecule has 1 aromatic carbocycles. The number of carbonyl (C=O) groups is 1. The van der Waals surface area contributed by atoms with Crippen LogP contribution in [0.15, 0.2) is 48.8 Å². The van der Waals surface area contributed by atoms with Crippen LogP contribution in [-0.2, 0) is 6.54 Å². The van der Waals surface area contributed by atoms with Crippen molar-refractivity contribution in [3.63, 3.8) is 0 Å². The molecular formula is C21H25N3O2. The molecule has 26 heavy (non-hydrogen) atoms. The van der Waals surface area contributed by atoms with Crippen molar-refractivity contribution in [3.05, 3.63) is 54.4 Å². The van der Waals surface area contributed by atoms with Crippen LogP contribution >= 0.6 is 0 Å². The Morgan fingerprint density at radius 1 is 1.12 bits per heavy atom. The Labute approximate surface area is 154 Å². The number of benzene rings is 1. The smallest absolute Gasteiger partial charge is 0.317 e. The summed E-state index contributed by atoms with van der Waals surface area (Å²) in [6.45, 7) is 1.53. The number of piperidine rings is 2. The lowest BCUT2D eigenvalue weighted by Gasteiger charge is -2.49. The second kappa shape index (κ2) is 7.46. The first kappa shape index (κ1) is 17.0. The van der Waals surface area contributed by atoms with Crippen molar-refractivity contribution in [2.24, 2.45) is 11.8 Å². The van der Waals surface area contributed by atoms with Crippen molar-refractivity contribution < 1.29 is 9.90 Å². The van der Waals surface area contributed by atoms with Gasteiger partial charge < -0.3 is 15.3 Å². The van der Waals surface area contributed by atoms with E-state index in [1.165, 1.54) is 6.42 Å². The first-order valence-electron chi connectivity index (χ1n) is 9.39. The molecule has 2 N–H and O–H groups in total. The van der Waals surface area contributed by atoms with Gasteiger partial charge in [0, 0.05) is 44.0 Å².